The molecule has 10 heteroatoms. The molecule has 38 heavy (non-hydrogen) atoms. The van der Waals surface area contributed by atoms with Crippen molar-refractivity contribution in [1.29, 1.82) is 0 Å². The van der Waals surface area contributed by atoms with E-state index in [2.05, 4.69) is 25.5 Å². The van der Waals surface area contributed by atoms with Gasteiger partial charge in [0.25, 0.3) is 0 Å². The molecule has 5 rings (SSSR count). The summed E-state index contributed by atoms with van der Waals surface area (Å²) < 4.78 is 0. The number of hydrogen-bond donors (Lipinski definition) is 3. The van der Waals surface area contributed by atoms with E-state index in [-0.39, 0.29) is 11.8 Å². The second-order valence-corrected chi connectivity index (χ2v) is 9.69. The zero-order valence-electron chi connectivity index (χ0n) is 21.2. The molecule has 9 nitrogen and oxygen atoms in total. The fraction of sp³-hybridized carbons (Fsp3) is 0.286. The van der Waals surface area contributed by atoms with Gasteiger partial charge in [-0.3, -0.25) is 9.59 Å². The molecule has 1 aliphatic heterocycles. The Morgan fingerprint density at radius 1 is 1.00 bits per heavy atom. The van der Waals surface area contributed by atoms with Gasteiger partial charge in [-0.2, -0.15) is 0 Å². The van der Waals surface area contributed by atoms with E-state index in [4.69, 9.17) is 16.6 Å². The number of nitrogens with zero attached hydrogens (tertiary/aromatic N) is 4. The molecule has 0 bridgehead atoms. The maximum atomic E-state index is 13.1. The van der Waals surface area contributed by atoms with E-state index < -0.39 is 0 Å². The highest BCUT2D eigenvalue weighted by Crippen LogP contribution is 2.25. The molecule has 2 amide bonds. The quantitative estimate of drug-likeness (QED) is 0.299. The van der Waals surface area contributed by atoms with Gasteiger partial charge in [0.2, 0.25) is 11.8 Å². The van der Waals surface area contributed by atoms with Crippen molar-refractivity contribution in [2.45, 2.75) is 13.3 Å². The summed E-state index contributed by atoms with van der Waals surface area (Å²) in [6.45, 7) is 5.09. The van der Waals surface area contributed by atoms with Gasteiger partial charge in [0.15, 0.2) is 5.82 Å². The number of aromatic amines is 1. The van der Waals surface area contributed by atoms with Crippen molar-refractivity contribution < 1.29 is 9.59 Å². The lowest BCUT2D eigenvalue weighted by Gasteiger charge is -2.35. The van der Waals surface area contributed by atoms with Crippen LogP contribution in [0.2, 0.25) is 5.02 Å². The number of para-hydroxylation sites is 1. The Morgan fingerprint density at radius 2 is 1.76 bits per heavy atom. The maximum absolute atomic E-state index is 13.1. The number of rotatable bonds is 8. The second-order valence-electron chi connectivity index (χ2n) is 9.26. The Hall–Kier alpha value is -4.11. The van der Waals surface area contributed by atoms with Crippen LogP contribution in [0.15, 0.2) is 60.8 Å². The highest BCUT2D eigenvalue weighted by atomic mass is 35.5. The van der Waals surface area contributed by atoms with Crippen molar-refractivity contribution in [3.63, 3.8) is 0 Å². The molecule has 2 aromatic heterocycles. The minimum absolute atomic E-state index is 0.0749. The molecule has 1 aliphatic rings. The van der Waals surface area contributed by atoms with Crippen molar-refractivity contribution in [3.05, 3.63) is 71.4 Å². The zero-order chi connectivity index (χ0) is 26.5. The first-order chi connectivity index (χ1) is 18.5. The van der Waals surface area contributed by atoms with Crippen LogP contribution in [0.1, 0.15) is 12.5 Å². The first-order valence-electron chi connectivity index (χ1n) is 12.7. The molecule has 3 N–H and O–H groups in total. The third-order valence-corrected chi connectivity index (χ3v) is 6.85. The average molecular weight is 532 g/mol. The van der Waals surface area contributed by atoms with Crippen LogP contribution in [0.4, 0.5) is 11.6 Å². The molecule has 0 atom stereocenters. The molecule has 0 aliphatic carbocycles. The van der Waals surface area contributed by atoms with Crippen LogP contribution in [0.25, 0.3) is 22.3 Å². The number of halogens is 1. The number of benzene rings is 2. The molecule has 1 saturated heterocycles. The van der Waals surface area contributed by atoms with Crippen LogP contribution in [-0.4, -0.2) is 70.9 Å². The molecule has 4 aromatic rings. The lowest BCUT2D eigenvalue weighted by molar-refractivity contribution is -0.130. The summed E-state index contributed by atoms with van der Waals surface area (Å²) in [5.41, 5.74) is 2.92. The Labute approximate surface area is 226 Å². The first-order valence-corrected chi connectivity index (χ1v) is 13.0. The molecule has 0 saturated carbocycles. The predicted molar refractivity (Wildman–Crippen MR) is 150 cm³/mol. The summed E-state index contributed by atoms with van der Waals surface area (Å²) in [5, 5.41) is 7.80. The van der Waals surface area contributed by atoms with Gasteiger partial charge in [-0.1, -0.05) is 29.8 Å². The van der Waals surface area contributed by atoms with Crippen LogP contribution in [0.3, 0.4) is 0 Å². The lowest BCUT2D eigenvalue weighted by atomic mass is 10.1. The molecule has 2 aromatic carbocycles. The van der Waals surface area contributed by atoms with E-state index in [9.17, 15) is 9.59 Å². The van der Waals surface area contributed by atoms with Gasteiger partial charge >= 0.3 is 0 Å². The Kier molecular flexibility index (Phi) is 7.74. The predicted octanol–water partition coefficient (Wildman–Crippen LogP) is 3.72. The molecular formula is C28H30ClN7O2. The Morgan fingerprint density at radius 3 is 2.53 bits per heavy atom. The highest BCUT2D eigenvalue weighted by Gasteiger charge is 2.23. The van der Waals surface area contributed by atoms with Gasteiger partial charge in [0, 0.05) is 79.9 Å². The van der Waals surface area contributed by atoms with E-state index in [1.54, 1.807) is 0 Å². The molecule has 0 unspecified atom stereocenters. The summed E-state index contributed by atoms with van der Waals surface area (Å²) in [4.78, 5) is 41.1. The monoisotopic (exact) mass is 531 g/mol. The van der Waals surface area contributed by atoms with Crippen LogP contribution < -0.4 is 15.5 Å². The summed E-state index contributed by atoms with van der Waals surface area (Å²) in [5.74, 6) is 2.09. The number of hydrogen-bond acceptors (Lipinski definition) is 6. The van der Waals surface area contributed by atoms with Gasteiger partial charge < -0.3 is 25.4 Å². The SMILES string of the molecule is CC(=O)NCCNc1cc(N2CCN(C(=O)Cc3c[nH]c4ccccc34)CC2)nc(-c2ccc(Cl)cc2)n1. The third-order valence-electron chi connectivity index (χ3n) is 6.59. The van der Waals surface area contributed by atoms with Gasteiger partial charge in [0.1, 0.15) is 11.6 Å². The largest absolute Gasteiger partial charge is 0.368 e. The highest BCUT2D eigenvalue weighted by molar-refractivity contribution is 6.30. The molecule has 3 heterocycles. The smallest absolute Gasteiger partial charge is 0.227 e. The standard InChI is InChI=1S/C28H30ClN7O2/c1-19(37)30-10-11-31-25-17-26(34-28(33-25)20-6-8-22(29)9-7-20)35-12-14-36(15-13-35)27(38)16-21-18-32-24-5-3-2-4-23(21)24/h2-9,17-18,32H,10-16H2,1H3,(H,30,37)(H,31,33,34). The van der Waals surface area contributed by atoms with Crippen molar-refractivity contribution in [1.82, 2.24) is 25.2 Å². The number of H-pyrrole nitrogens is 1. The van der Waals surface area contributed by atoms with E-state index in [1.165, 1.54) is 6.92 Å². The molecule has 196 valence electrons. The fourth-order valence-electron chi connectivity index (χ4n) is 4.58. The Balaban J connectivity index is 1.27. The fourth-order valence-corrected chi connectivity index (χ4v) is 4.71. The van der Waals surface area contributed by atoms with Crippen LogP contribution in [0.5, 0.6) is 0 Å². The second kappa shape index (κ2) is 11.5. The van der Waals surface area contributed by atoms with Gasteiger partial charge in [-0.25, -0.2) is 9.97 Å². The van der Waals surface area contributed by atoms with E-state index in [0.717, 1.165) is 27.8 Å². The number of aromatic nitrogens is 3. The minimum atomic E-state index is -0.0749. The lowest BCUT2D eigenvalue weighted by Crippen LogP contribution is -2.49. The van der Waals surface area contributed by atoms with Crippen molar-refractivity contribution in [3.8, 4) is 11.4 Å². The molecular weight excluding hydrogens is 502 g/mol. The van der Waals surface area contributed by atoms with Gasteiger partial charge in [-0.15, -0.1) is 0 Å². The summed E-state index contributed by atoms with van der Waals surface area (Å²) in [7, 11) is 0. The van der Waals surface area contributed by atoms with Crippen molar-refractivity contribution in [2.75, 3.05) is 49.5 Å². The number of nitrogens with one attached hydrogen (secondary N) is 3. The van der Waals surface area contributed by atoms with Crippen molar-refractivity contribution in [2.24, 2.45) is 0 Å². The van der Waals surface area contributed by atoms with Crippen LogP contribution in [0, 0.1) is 0 Å². The van der Waals surface area contributed by atoms with E-state index >= 15 is 0 Å². The summed E-state index contributed by atoms with van der Waals surface area (Å²) >= 11 is 6.08. The van der Waals surface area contributed by atoms with Crippen LogP contribution in [-0.2, 0) is 16.0 Å². The maximum Gasteiger partial charge on any atom is 0.227 e. The van der Waals surface area contributed by atoms with Crippen molar-refractivity contribution >= 4 is 46.0 Å². The molecule has 0 spiro atoms. The van der Waals surface area contributed by atoms with E-state index in [0.29, 0.717) is 62.4 Å². The Bertz CT molecular complexity index is 1430. The third kappa shape index (κ3) is 6.06. The summed E-state index contributed by atoms with van der Waals surface area (Å²) in [6.07, 6.45) is 2.30. The molecule has 1 fully saturated rings. The number of anilines is 2. The van der Waals surface area contributed by atoms with Gasteiger partial charge in [-0.05, 0) is 35.9 Å². The average Bonchev–Trinajstić information content (AvgIpc) is 3.34. The van der Waals surface area contributed by atoms with Crippen LogP contribution >= 0.6 is 11.6 Å². The first kappa shape index (κ1) is 25.5. The number of amides is 2. The molecule has 0 radical (unpaired) electrons. The minimum Gasteiger partial charge on any atom is -0.368 e. The summed E-state index contributed by atoms with van der Waals surface area (Å²) in [6, 6.07) is 17.4. The zero-order valence-corrected chi connectivity index (χ0v) is 22.0. The number of piperazine rings is 1. The number of fused-ring (bicyclic) bond motifs is 1. The normalized spacial score (nSPS) is 13.5. The van der Waals surface area contributed by atoms with Gasteiger partial charge in [0.05, 0.1) is 6.42 Å². The number of carbonyl (C=O) groups is 2. The van der Waals surface area contributed by atoms with E-state index in [1.807, 2.05) is 65.7 Å². The topological polar surface area (TPSA) is 106 Å². The number of carbonyl (C=O) groups excluding carboxylic acids is 2.